The van der Waals surface area contributed by atoms with Crippen LogP contribution in [0.1, 0.15) is 11.6 Å². The van der Waals surface area contributed by atoms with E-state index in [1.54, 1.807) is 16.8 Å². The SMILES string of the molecule is NC(COc1ccc2ncc(-c3cc4ccccc4o3)n2n1)c1ccc(Cl)cc1. The number of halogens is 1. The number of imidazole rings is 1. The largest absolute Gasteiger partial charge is 0.475 e. The van der Waals surface area contributed by atoms with E-state index in [9.17, 15) is 0 Å². The second-order valence-electron chi connectivity index (χ2n) is 6.70. The van der Waals surface area contributed by atoms with Crippen molar-refractivity contribution in [2.45, 2.75) is 6.04 Å². The molecule has 0 saturated carbocycles. The molecule has 0 fully saturated rings. The fraction of sp³-hybridized carbons (Fsp3) is 0.0909. The summed E-state index contributed by atoms with van der Waals surface area (Å²) in [6, 6.07) is 20.6. The Morgan fingerprint density at radius 3 is 2.72 bits per heavy atom. The number of furan rings is 1. The van der Waals surface area contributed by atoms with Crippen molar-refractivity contribution < 1.29 is 9.15 Å². The van der Waals surface area contributed by atoms with Crippen molar-refractivity contribution in [1.82, 2.24) is 14.6 Å². The minimum absolute atomic E-state index is 0.287. The van der Waals surface area contributed by atoms with E-state index in [-0.39, 0.29) is 12.6 Å². The van der Waals surface area contributed by atoms with Crippen molar-refractivity contribution in [2.75, 3.05) is 6.61 Å². The van der Waals surface area contributed by atoms with Crippen LogP contribution in [0, 0.1) is 0 Å². The van der Waals surface area contributed by atoms with Crippen molar-refractivity contribution in [2.24, 2.45) is 5.73 Å². The Morgan fingerprint density at radius 1 is 1.07 bits per heavy atom. The van der Waals surface area contributed by atoms with Crippen LogP contribution in [0.4, 0.5) is 0 Å². The fourth-order valence-electron chi connectivity index (χ4n) is 3.19. The van der Waals surface area contributed by atoms with Gasteiger partial charge in [0.05, 0.1) is 12.2 Å². The van der Waals surface area contributed by atoms with Crippen LogP contribution in [0.5, 0.6) is 5.88 Å². The first-order chi connectivity index (χ1) is 14.2. The molecule has 6 nitrogen and oxygen atoms in total. The third kappa shape index (κ3) is 3.44. The topological polar surface area (TPSA) is 78.6 Å². The molecule has 0 amide bonds. The van der Waals surface area contributed by atoms with Crippen molar-refractivity contribution >= 4 is 28.2 Å². The minimum atomic E-state index is -0.289. The molecule has 1 unspecified atom stereocenters. The molecule has 0 aliphatic carbocycles. The number of nitrogens with zero attached hydrogens (tertiary/aromatic N) is 3. The molecule has 3 aromatic heterocycles. The summed E-state index contributed by atoms with van der Waals surface area (Å²) in [5, 5.41) is 6.26. The first kappa shape index (κ1) is 17.7. The summed E-state index contributed by atoms with van der Waals surface area (Å²) in [6.07, 6.45) is 1.74. The summed E-state index contributed by atoms with van der Waals surface area (Å²) < 4.78 is 13.5. The van der Waals surface area contributed by atoms with Crippen LogP contribution in [0.25, 0.3) is 28.1 Å². The van der Waals surface area contributed by atoms with E-state index in [2.05, 4.69) is 10.1 Å². The molecule has 0 spiro atoms. The first-order valence-corrected chi connectivity index (χ1v) is 9.53. The number of nitrogens with two attached hydrogens (primary N) is 1. The van der Waals surface area contributed by atoms with Gasteiger partial charge in [0.2, 0.25) is 5.88 Å². The van der Waals surface area contributed by atoms with Gasteiger partial charge in [-0.15, -0.1) is 5.10 Å². The van der Waals surface area contributed by atoms with Gasteiger partial charge in [0.25, 0.3) is 0 Å². The molecule has 0 bridgehead atoms. The molecular formula is C22H17ClN4O2. The molecule has 5 rings (SSSR count). The predicted octanol–water partition coefficient (Wildman–Crippen LogP) is 4.87. The number of fused-ring (bicyclic) bond motifs is 2. The lowest BCUT2D eigenvalue weighted by molar-refractivity contribution is 0.276. The van der Waals surface area contributed by atoms with Crippen LogP contribution in [0.2, 0.25) is 5.02 Å². The molecule has 144 valence electrons. The first-order valence-electron chi connectivity index (χ1n) is 9.15. The zero-order valence-electron chi connectivity index (χ0n) is 15.3. The summed E-state index contributed by atoms with van der Waals surface area (Å²) in [4.78, 5) is 4.41. The van der Waals surface area contributed by atoms with Crippen LogP contribution >= 0.6 is 11.6 Å². The van der Waals surface area contributed by atoms with E-state index in [4.69, 9.17) is 26.5 Å². The minimum Gasteiger partial charge on any atom is -0.475 e. The number of para-hydroxylation sites is 1. The highest BCUT2D eigenvalue weighted by Gasteiger charge is 2.14. The Morgan fingerprint density at radius 2 is 1.90 bits per heavy atom. The van der Waals surface area contributed by atoms with Gasteiger partial charge in [0.1, 0.15) is 17.9 Å². The van der Waals surface area contributed by atoms with Gasteiger partial charge in [-0.05, 0) is 35.9 Å². The van der Waals surface area contributed by atoms with Gasteiger partial charge in [0.15, 0.2) is 11.4 Å². The lowest BCUT2D eigenvalue weighted by atomic mass is 10.1. The van der Waals surface area contributed by atoms with E-state index < -0.39 is 0 Å². The van der Waals surface area contributed by atoms with Crippen LogP contribution in [-0.2, 0) is 0 Å². The molecule has 2 N–H and O–H groups in total. The van der Waals surface area contributed by atoms with E-state index in [0.29, 0.717) is 22.3 Å². The average Bonchev–Trinajstić information content (AvgIpc) is 3.35. The van der Waals surface area contributed by atoms with Gasteiger partial charge < -0.3 is 14.9 Å². The quantitative estimate of drug-likeness (QED) is 0.452. The molecule has 0 aliphatic rings. The normalized spacial score (nSPS) is 12.5. The standard InChI is InChI=1S/C22H17ClN4O2/c23-16-7-5-14(6-8-16)17(24)13-28-22-10-9-21-25-12-18(27(21)26-22)20-11-15-3-1-2-4-19(15)29-20/h1-12,17H,13,24H2. The van der Waals surface area contributed by atoms with E-state index in [1.165, 1.54) is 0 Å². The van der Waals surface area contributed by atoms with Gasteiger partial charge >= 0.3 is 0 Å². The third-order valence-corrected chi connectivity index (χ3v) is 4.98. The van der Waals surface area contributed by atoms with Gasteiger partial charge in [-0.1, -0.05) is 41.9 Å². The summed E-state index contributed by atoms with van der Waals surface area (Å²) in [5.74, 6) is 1.15. The molecule has 5 aromatic rings. The molecule has 0 aliphatic heterocycles. The van der Waals surface area contributed by atoms with E-state index in [0.717, 1.165) is 22.2 Å². The second-order valence-corrected chi connectivity index (χ2v) is 7.14. The second kappa shape index (κ2) is 7.24. The van der Waals surface area contributed by atoms with Crippen LogP contribution in [0.3, 0.4) is 0 Å². The molecule has 7 heteroatoms. The molecule has 29 heavy (non-hydrogen) atoms. The van der Waals surface area contributed by atoms with Crippen molar-refractivity contribution in [3.8, 4) is 17.3 Å². The Balaban J connectivity index is 1.41. The summed E-state index contributed by atoms with van der Waals surface area (Å²) in [5.41, 5.74) is 9.44. The predicted molar refractivity (Wildman–Crippen MR) is 112 cm³/mol. The van der Waals surface area contributed by atoms with E-state index >= 15 is 0 Å². The number of benzene rings is 2. The highest BCUT2D eigenvalue weighted by atomic mass is 35.5. The number of aromatic nitrogens is 3. The van der Waals surface area contributed by atoms with Crippen molar-refractivity contribution in [3.05, 3.63) is 83.5 Å². The van der Waals surface area contributed by atoms with Crippen LogP contribution in [0.15, 0.2) is 77.3 Å². The highest BCUT2D eigenvalue weighted by Crippen LogP contribution is 2.28. The highest BCUT2D eigenvalue weighted by molar-refractivity contribution is 6.30. The third-order valence-electron chi connectivity index (χ3n) is 4.72. The Hall–Kier alpha value is -3.35. The summed E-state index contributed by atoms with van der Waals surface area (Å²) in [7, 11) is 0. The van der Waals surface area contributed by atoms with E-state index in [1.807, 2.05) is 60.7 Å². The molecular weight excluding hydrogens is 388 g/mol. The number of hydrogen-bond donors (Lipinski definition) is 1. The maximum atomic E-state index is 6.22. The molecule has 1 atom stereocenters. The smallest absolute Gasteiger partial charge is 0.231 e. The number of hydrogen-bond acceptors (Lipinski definition) is 5. The summed E-state index contributed by atoms with van der Waals surface area (Å²) >= 11 is 5.93. The van der Waals surface area contributed by atoms with Crippen LogP contribution in [-0.4, -0.2) is 21.2 Å². The zero-order chi connectivity index (χ0) is 19.8. The van der Waals surface area contributed by atoms with Crippen LogP contribution < -0.4 is 10.5 Å². The van der Waals surface area contributed by atoms with Gasteiger partial charge in [-0.2, -0.15) is 0 Å². The molecule has 2 aromatic carbocycles. The number of ether oxygens (including phenoxy) is 1. The number of rotatable bonds is 5. The average molecular weight is 405 g/mol. The van der Waals surface area contributed by atoms with Gasteiger partial charge in [-0.3, -0.25) is 0 Å². The Bertz CT molecular complexity index is 1260. The van der Waals surface area contributed by atoms with Crippen molar-refractivity contribution in [3.63, 3.8) is 0 Å². The monoisotopic (exact) mass is 404 g/mol. The molecule has 0 radical (unpaired) electrons. The van der Waals surface area contributed by atoms with Gasteiger partial charge in [-0.25, -0.2) is 9.50 Å². The molecule has 0 saturated heterocycles. The lowest BCUT2D eigenvalue weighted by Crippen LogP contribution is -2.19. The maximum Gasteiger partial charge on any atom is 0.231 e. The summed E-state index contributed by atoms with van der Waals surface area (Å²) in [6.45, 7) is 0.287. The van der Waals surface area contributed by atoms with Gasteiger partial charge in [0, 0.05) is 16.5 Å². The maximum absolute atomic E-state index is 6.22. The van der Waals surface area contributed by atoms with Crippen molar-refractivity contribution in [1.29, 1.82) is 0 Å². The zero-order valence-corrected chi connectivity index (χ0v) is 16.1. The molecule has 3 heterocycles. The fourth-order valence-corrected chi connectivity index (χ4v) is 3.32. The lowest BCUT2D eigenvalue weighted by Gasteiger charge is -2.13. The Labute approximate surface area is 171 Å². The Kier molecular flexibility index (Phi) is 4.42.